The van der Waals surface area contributed by atoms with Gasteiger partial charge in [0.25, 0.3) is 0 Å². The predicted octanol–water partition coefficient (Wildman–Crippen LogP) is -2.12. The molecule has 21 nitrogen and oxygen atoms in total. The van der Waals surface area contributed by atoms with Gasteiger partial charge in [0.05, 0.1) is 0 Å². The number of aliphatic carboxylic acids is 6. The third-order valence-corrected chi connectivity index (χ3v) is 13.3. The lowest BCUT2D eigenvalue weighted by atomic mass is 10.7. The summed E-state index contributed by atoms with van der Waals surface area (Å²) in [6.07, 6.45) is 0. The first-order valence-electron chi connectivity index (χ1n) is 9.35. The molecule has 0 fully saturated rings. The zero-order valence-electron chi connectivity index (χ0n) is 18.1. The Bertz CT molecular complexity index is 877. The molecule has 0 atom stereocenters. The molecule has 0 unspecified atom stereocenters. The molecule has 0 saturated carbocycles. The summed E-state index contributed by atoms with van der Waals surface area (Å²) < 4.78 is 12.7. The van der Waals surface area contributed by atoms with Gasteiger partial charge in [-0.1, -0.05) is 0 Å². The zero-order chi connectivity index (χ0) is 27.6. The van der Waals surface area contributed by atoms with Crippen molar-refractivity contribution in [2.45, 2.75) is 0 Å². The zero-order valence-corrected chi connectivity index (χ0v) is 20.7. The van der Waals surface area contributed by atoms with E-state index in [4.69, 9.17) is 30.6 Å². The molecule has 0 amide bonds. The maximum atomic E-state index is 11.3. The number of nitrogens with zero attached hydrogens (tertiary/aromatic N) is 3. The lowest BCUT2D eigenvalue weighted by Crippen LogP contribution is -2.36. The molecule has 0 saturated heterocycles. The van der Waals surface area contributed by atoms with Crippen molar-refractivity contribution in [2.75, 3.05) is 39.3 Å². The van der Waals surface area contributed by atoms with Gasteiger partial charge < -0.3 is 30.6 Å². The number of carboxylic acids is 6. The summed E-state index contributed by atoms with van der Waals surface area (Å²) >= 11 is 0. The van der Waals surface area contributed by atoms with Crippen molar-refractivity contribution in [2.24, 2.45) is 13.5 Å². The monoisotopic (exact) mass is 579 g/mol. The van der Waals surface area contributed by atoms with E-state index in [0.717, 1.165) is 0 Å². The second-order valence-corrected chi connectivity index (χ2v) is 14.1. The Hall–Kier alpha value is -2.73. The molecule has 0 aliphatic carbocycles. The van der Waals surface area contributed by atoms with Crippen LogP contribution in [-0.4, -0.2) is 106 Å². The molecule has 24 heteroatoms. The number of carboxylic acid groups (broad SMARTS) is 6. The minimum absolute atomic E-state index is 0.886. The van der Waals surface area contributed by atoms with E-state index >= 15 is 0 Å². The first-order chi connectivity index (χ1) is 16.6. The largest absolute Gasteiger partial charge is 0.480 e. The maximum Gasteiger partial charge on any atom is 0.317 e. The Morgan fingerprint density at radius 3 is 0.639 bits per heavy atom. The van der Waals surface area contributed by atoms with Gasteiger partial charge in [0, 0.05) is 0 Å². The van der Waals surface area contributed by atoms with E-state index in [9.17, 15) is 28.8 Å². The number of hydrogen-bond donors (Lipinski definition) is 12. The van der Waals surface area contributed by atoms with Crippen LogP contribution in [0, 0.1) is 0 Å². The minimum atomic E-state index is -4.01. The van der Waals surface area contributed by atoms with E-state index in [1.807, 2.05) is 0 Å². The average Bonchev–Trinajstić information content (AvgIpc) is 2.76. The van der Waals surface area contributed by atoms with Gasteiger partial charge in [0.1, 0.15) is 39.3 Å². The molecule has 0 radical (unpaired) electrons. The quantitative estimate of drug-likeness (QED) is 0.0772. The van der Waals surface area contributed by atoms with Crippen LogP contribution in [-0.2, 0) is 28.8 Å². The summed E-state index contributed by atoms with van der Waals surface area (Å²) in [6, 6.07) is 0. The van der Waals surface area contributed by atoms with Crippen LogP contribution in [0.2, 0.25) is 0 Å². The van der Waals surface area contributed by atoms with Crippen molar-refractivity contribution in [1.82, 2.24) is 30.5 Å². The average molecular weight is 579 g/mol. The molecular weight excluding hydrogens is 555 g/mol. The van der Waals surface area contributed by atoms with Crippen molar-refractivity contribution >= 4 is 58.3 Å². The summed E-state index contributed by atoms with van der Waals surface area (Å²) in [5.74, 6) is -8.74. The molecule has 36 heavy (non-hydrogen) atoms. The lowest BCUT2D eigenvalue weighted by Gasteiger charge is -2.36. The van der Waals surface area contributed by atoms with E-state index in [1.165, 1.54) is 0 Å². The summed E-state index contributed by atoms with van der Waals surface area (Å²) in [7, 11) is -12.0. The first kappa shape index (κ1) is 31.3. The van der Waals surface area contributed by atoms with E-state index < -0.39 is 97.6 Å². The summed E-state index contributed by atoms with van der Waals surface area (Å²) in [5.41, 5.74) is 0. The van der Waals surface area contributed by atoms with Crippen LogP contribution >= 0.6 is 22.5 Å². The second kappa shape index (κ2) is 13.5. The molecule has 1 rings (SSSR count). The van der Waals surface area contributed by atoms with Crippen molar-refractivity contribution in [1.29, 1.82) is 0 Å². The van der Waals surface area contributed by atoms with E-state index in [1.54, 1.807) is 0 Å². The van der Waals surface area contributed by atoms with Gasteiger partial charge in [-0.05, 0) is 0 Å². The Kier molecular flexibility index (Phi) is 11.8. The Balaban J connectivity index is 4.01. The highest BCUT2D eigenvalue weighted by molar-refractivity contribution is 7.83. The van der Waals surface area contributed by atoms with Crippen LogP contribution in [0.25, 0.3) is 0 Å². The standard InChI is InChI=1S/C12H24N9O12P3/c22-7(23)1-13-34(14-2-8(24)25)19-35(15-3-9(26)27,16-4-10(28)29)21-36(20-34,17-5-11(30)31)18-6-12(32)33/h13-18H,1-6H2,(H,22,23)(H,24,25)(H,26,27)(H,28,29)(H,30,31)(H,32,33). The molecule has 0 aromatic rings. The van der Waals surface area contributed by atoms with Crippen LogP contribution in [0.15, 0.2) is 13.5 Å². The van der Waals surface area contributed by atoms with Gasteiger partial charge in [-0.3, -0.25) is 28.8 Å². The van der Waals surface area contributed by atoms with Crippen molar-refractivity contribution in [3.05, 3.63) is 0 Å². The molecular formula is C12H24N9O12P3. The van der Waals surface area contributed by atoms with Gasteiger partial charge in [0.15, 0.2) is 0 Å². The van der Waals surface area contributed by atoms with Crippen LogP contribution in [0.3, 0.4) is 0 Å². The normalized spacial score (nSPS) is 17.0. The fourth-order valence-electron chi connectivity index (χ4n) is 2.23. The van der Waals surface area contributed by atoms with Crippen LogP contribution in [0.5, 0.6) is 0 Å². The smallest absolute Gasteiger partial charge is 0.317 e. The third-order valence-electron chi connectivity index (χ3n) is 3.48. The molecule has 1 aliphatic rings. The number of carbonyl (C=O) groups is 6. The van der Waals surface area contributed by atoms with Gasteiger partial charge in [-0.2, -0.15) is 13.5 Å². The molecule has 0 aromatic heterocycles. The number of rotatable bonds is 18. The van der Waals surface area contributed by atoms with E-state index in [0.29, 0.717) is 0 Å². The van der Waals surface area contributed by atoms with Crippen molar-refractivity contribution in [3.63, 3.8) is 0 Å². The highest BCUT2D eigenvalue weighted by atomic mass is 31.3. The highest BCUT2D eigenvalue weighted by Crippen LogP contribution is 2.70. The number of nitrogens with one attached hydrogen (secondary N) is 6. The highest BCUT2D eigenvalue weighted by Gasteiger charge is 2.38. The van der Waals surface area contributed by atoms with Crippen molar-refractivity contribution < 1.29 is 59.4 Å². The molecule has 0 aromatic carbocycles. The molecule has 204 valence electrons. The molecule has 1 heterocycles. The third kappa shape index (κ3) is 10.9. The van der Waals surface area contributed by atoms with Crippen LogP contribution in [0.1, 0.15) is 0 Å². The summed E-state index contributed by atoms with van der Waals surface area (Å²) in [6.45, 7) is -5.31. The lowest BCUT2D eigenvalue weighted by molar-refractivity contribution is -0.136. The Labute approximate surface area is 201 Å². The van der Waals surface area contributed by atoms with E-state index in [-0.39, 0.29) is 0 Å². The first-order valence-corrected chi connectivity index (χ1v) is 14.4. The molecule has 0 spiro atoms. The fourth-order valence-corrected chi connectivity index (χ4v) is 13.6. The molecule has 12 N–H and O–H groups in total. The molecule has 0 bridgehead atoms. The fraction of sp³-hybridized carbons (Fsp3) is 0.500. The summed E-state index contributed by atoms with van der Waals surface area (Å²) in [4.78, 5) is 67.5. The van der Waals surface area contributed by atoms with Gasteiger partial charge >= 0.3 is 35.8 Å². The van der Waals surface area contributed by atoms with Gasteiger partial charge in [-0.15, -0.1) is 0 Å². The molecule has 1 aliphatic heterocycles. The maximum absolute atomic E-state index is 11.3. The Morgan fingerprint density at radius 1 is 0.389 bits per heavy atom. The second-order valence-electron chi connectivity index (χ2n) is 6.44. The van der Waals surface area contributed by atoms with Gasteiger partial charge in [0.2, 0.25) is 22.5 Å². The van der Waals surface area contributed by atoms with Crippen LogP contribution in [0.4, 0.5) is 0 Å². The summed E-state index contributed by atoms with van der Waals surface area (Å²) in [5, 5.41) is 69.3. The Morgan fingerprint density at radius 2 is 0.528 bits per heavy atom. The number of hydrogen-bond acceptors (Lipinski definition) is 15. The van der Waals surface area contributed by atoms with Crippen molar-refractivity contribution in [3.8, 4) is 0 Å². The predicted molar refractivity (Wildman–Crippen MR) is 122 cm³/mol. The topological polar surface area (TPSA) is 333 Å². The minimum Gasteiger partial charge on any atom is -0.480 e. The van der Waals surface area contributed by atoms with E-state index in [2.05, 4.69) is 44.1 Å². The van der Waals surface area contributed by atoms with Gasteiger partial charge in [-0.25, -0.2) is 30.5 Å². The van der Waals surface area contributed by atoms with Crippen LogP contribution < -0.4 is 30.5 Å². The SMILES string of the molecule is O=C(O)CNP1(NCC(=O)O)=NP(NCC(=O)O)(NCC(=O)O)=NP(NCC(=O)O)(NCC(=O)O)=N1.